The molecule has 3 N–H and O–H groups in total. The van der Waals surface area contributed by atoms with Crippen LogP contribution >= 0.6 is 27.7 Å². The van der Waals surface area contributed by atoms with E-state index in [0.717, 1.165) is 9.37 Å². The average molecular weight is 329 g/mol. The summed E-state index contributed by atoms with van der Waals surface area (Å²) in [6.07, 6.45) is 0. The molecule has 18 heavy (non-hydrogen) atoms. The van der Waals surface area contributed by atoms with Crippen LogP contribution in [-0.4, -0.2) is 14.8 Å². The predicted octanol–water partition coefficient (Wildman–Crippen LogP) is 0.964. The smallest absolute Gasteiger partial charge is 0.339 e. The van der Waals surface area contributed by atoms with Gasteiger partial charge >= 0.3 is 11.1 Å². The third-order valence-electron chi connectivity index (χ3n) is 2.10. The Bertz CT molecular complexity index is 710. The van der Waals surface area contributed by atoms with Gasteiger partial charge in [-0.25, -0.2) is 0 Å². The number of hydrogen-bond acceptors (Lipinski definition) is 5. The van der Waals surface area contributed by atoms with Crippen LogP contribution in [0.25, 0.3) is 0 Å². The first-order valence-corrected chi connectivity index (χ1v) is 6.48. The van der Waals surface area contributed by atoms with E-state index in [2.05, 4.69) is 26.0 Å². The molecule has 0 spiro atoms. The fraction of sp³-hybridized carbons (Fsp3) is 0.100. The van der Waals surface area contributed by atoms with Crippen molar-refractivity contribution in [2.24, 2.45) is 7.05 Å². The van der Waals surface area contributed by atoms with Crippen molar-refractivity contribution in [3.05, 3.63) is 43.4 Å². The molecule has 94 valence electrons. The lowest BCUT2D eigenvalue weighted by Gasteiger charge is -2.07. The van der Waals surface area contributed by atoms with Gasteiger partial charge in [-0.2, -0.15) is 4.98 Å². The van der Waals surface area contributed by atoms with Gasteiger partial charge in [-0.15, -0.1) is 0 Å². The molecule has 0 atom stereocenters. The molecule has 0 unspecified atom stereocenters. The van der Waals surface area contributed by atoms with Gasteiger partial charge in [0.15, 0.2) is 5.16 Å². The highest BCUT2D eigenvalue weighted by Gasteiger charge is 2.08. The highest BCUT2D eigenvalue weighted by molar-refractivity contribution is 9.10. The van der Waals surface area contributed by atoms with Gasteiger partial charge < -0.3 is 5.73 Å². The number of halogens is 1. The van der Waals surface area contributed by atoms with Gasteiger partial charge in [0.05, 0.1) is 0 Å². The standard InChI is InChI=1S/C10H9BrN4O2S/c1-15-10(13-8(16)9(17)14-15)18-7-3-2-5(12)4-6(7)11/h2-4H,12H2,1H3,(H,14,17). The van der Waals surface area contributed by atoms with Gasteiger partial charge in [-0.3, -0.25) is 19.4 Å². The molecular formula is C10H9BrN4O2S. The number of nitrogens with one attached hydrogen (secondary N) is 1. The number of anilines is 1. The number of aromatic nitrogens is 3. The van der Waals surface area contributed by atoms with E-state index < -0.39 is 11.1 Å². The zero-order chi connectivity index (χ0) is 13.3. The molecule has 2 rings (SSSR count). The van der Waals surface area contributed by atoms with Gasteiger partial charge in [0, 0.05) is 22.1 Å². The van der Waals surface area contributed by atoms with E-state index in [1.807, 2.05) is 0 Å². The molecule has 0 saturated carbocycles. The summed E-state index contributed by atoms with van der Waals surface area (Å²) in [5.74, 6) is 0. The lowest BCUT2D eigenvalue weighted by molar-refractivity contribution is 0.596. The molecule has 0 aliphatic carbocycles. The van der Waals surface area contributed by atoms with Crippen molar-refractivity contribution in [3.63, 3.8) is 0 Å². The topological polar surface area (TPSA) is 93.8 Å². The van der Waals surface area contributed by atoms with Gasteiger partial charge in [-0.1, -0.05) is 0 Å². The largest absolute Gasteiger partial charge is 0.399 e. The van der Waals surface area contributed by atoms with Crippen LogP contribution in [0.2, 0.25) is 0 Å². The Balaban J connectivity index is 2.43. The fourth-order valence-electron chi connectivity index (χ4n) is 1.25. The quantitative estimate of drug-likeness (QED) is 0.632. The van der Waals surface area contributed by atoms with E-state index in [9.17, 15) is 9.59 Å². The van der Waals surface area contributed by atoms with E-state index in [0.29, 0.717) is 10.8 Å². The van der Waals surface area contributed by atoms with Crippen LogP contribution in [0, 0.1) is 0 Å². The minimum Gasteiger partial charge on any atom is -0.399 e. The van der Waals surface area contributed by atoms with Crippen LogP contribution < -0.4 is 16.9 Å². The molecule has 8 heteroatoms. The predicted molar refractivity (Wildman–Crippen MR) is 72.8 cm³/mol. The highest BCUT2D eigenvalue weighted by Crippen LogP contribution is 2.32. The Hall–Kier alpha value is -1.54. The normalized spacial score (nSPS) is 10.6. The zero-order valence-corrected chi connectivity index (χ0v) is 11.7. The molecule has 0 amide bonds. The van der Waals surface area contributed by atoms with Crippen LogP contribution in [0.5, 0.6) is 0 Å². The number of nitrogens with two attached hydrogens (primary N) is 1. The molecule has 2 aromatic rings. The molecular weight excluding hydrogens is 320 g/mol. The monoisotopic (exact) mass is 328 g/mol. The average Bonchev–Trinajstić information content (AvgIpc) is 2.29. The SMILES string of the molecule is Cn1[nH]c(=O)c(=O)nc1Sc1ccc(N)cc1Br. The van der Waals surface area contributed by atoms with E-state index >= 15 is 0 Å². The van der Waals surface area contributed by atoms with Crippen molar-refractivity contribution in [3.8, 4) is 0 Å². The number of rotatable bonds is 2. The third-order valence-corrected chi connectivity index (χ3v) is 4.15. The summed E-state index contributed by atoms with van der Waals surface area (Å²) >= 11 is 4.63. The second-order valence-electron chi connectivity index (χ2n) is 3.49. The van der Waals surface area contributed by atoms with Crippen molar-refractivity contribution in [1.82, 2.24) is 14.8 Å². The van der Waals surface area contributed by atoms with Gasteiger partial charge in [-0.05, 0) is 45.9 Å². The molecule has 0 aliphatic heterocycles. The van der Waals surface area contributed by atoms with Crippen molar-refractivity contribution in [1.29, 1.82) is 0 Å². The summed E-state index contributed by atoms with van der Waals surface area (Å²) in [7, 11) is 1.61. The lowest BCUT2D eigenvalue weighted by Crippen LogP contribution is -2.33. The number of nitrogen functional groups attached to an aromatic ring is 1. The molecule has 0 saturated heterocycles. The molecule has 0 radical (unpaired) electrons. The van der Waals surface area contributed by atoms with E-state index in [4.69, 9.17) is 5.73 Å². The summed E-state index contributed by atoms with van der Waals surface area (Å²) in [6, 6.07) is 5.31. The minimum atomic E-state index is -0.804. The molecule has 1 heterocycles. The van der Waals surface area contributed by atoms with E-state index in [1.54, 1.807) is 25.2 Å². The summed E-state index contributed by atoms with van der Waals surface area (Å²) in [6.45, 7) is 0. The van der Waals surface area contributed by atoms with Crippen LogP contribution in [0.3, 0.4) is 0 Å². The van der Waals surface area contributed by atoms with E-state index in [1.165, 1.54) is 16.4 Å². The summed E-state index contributed by atoms with van der Waals surface area (Å²) < 4.78 is 2.20. The number of H-pyrrole nitrogens is 1. The second kappa shape index (κ2) is 4.99. The highest BCUT2D eigenvalue weighted by atomic mass is 79.9. The first-order valence-electron chi connectivity index (χ1n) is 4.87. The summed E-state index contributed by atoms with van der Waals surface area (Å²) in [4.78, 5) is 26.8. The molecule has 0 fully saturated rings. The number of aromatic amines is 1. The van der Waals surface area contributed by atoms with Crippen molar-refractivity contribution in [2.45, 2.75) is 10.1 Å². The van der Waals surface area contributed by atoms with E-state index in [-0.39, 0.29) is 0 Å². The summed E-state index contributed by atoms with van der Waals surface area (Å²) in [5, 5.41) is 2.78. The number of benzene rings is 1. The lowest BCUT2D eigenvalue weighted by atomic mass is 10.3. The third kappa shape index (κ3) is 2.65. The maximum atomic E-state index is 11.2. The molecule has 6 nitrogen and oxygen atoms in total. The number of hydrogen-bond donors (Lipinski definition) is 2. The van der Waals surface area contributed by atoms with Crippen molar-refractivity contribution in [2.75, 3.05) is 5.73 Å². The Morgan fingerprint density at radius 3 is 2.83 bits per heavy atom. The first kappa shape index (κ1) is 12.9. The maximum Gasteiger partial charge on any atom is 0.339 e. The fourth-order valence-corrected chi connectivity index (χ4v) is 2.69. The van der Waals surface area contributed by atoms with Crippen LogP contribution in [0.4, 0.5) is 5.69 Å². The Labute approximate surface area is 114 Å². The number of nitrogens with zero attached hydrogens (tertiary/aromatic N) is 2. The van der Waals surface area contributed by atoms with Crippen LogP contribution in [0.1, 0.15) is 0 Å². The van der Waals surface area contributed by atoms with Gasteiger partial charge in [0.2, 0.25) is 0 Å². The minimum absolute atomic E-state index is 0.394. The van der Waals surface area contributed by atoms with Crippen LogP contribution in [0.15, 0.2) is 42.3 Å². The van der Waals surface area contributed by atoms with Gasteiger partial charge in [0.1, 0.15) is 0 Å². The first-order chi connectivity index (χ1) is 8.47. The molecule has 0 bridgehead atoms. The van der Waals surface area contributed by atoms with Crippen molar-refractivity contribution >= 4 is 33.4 Å². The summed E-state index contributed by atoms with van der Waals surface area (Å²) in [5.41, 5.74) is 4.73. The van der Waals surface area contributed by atoms with Crippen LogP contribution in [-0.2, 0) is 7.05 Å². The molecule has 1 aromatic carbocycles. The maximum absolute atomic E-state index is 11.2. The zero-order valence-electron chi connectivity index (χ0n) is 9.31. The van der Waals surface area contributed by atoms with Gasteiger partial charge in [0.25, 0.3) is 0 Å². The molecule has 0 aliphatic rings. The number of aryl methyl sites for hydroxylation is 1. The Morgan fingerprint density at radius 1 is 1.44 bits per heavy atom. The Morgan fingerprint density at radius 2 is 2.17 bits per heavy atom. The van der Waals surface area contributed by atoms with Crippen molar-refractivity contribution < 1.29 is 0 Å². The Kier molecular flexibility index (Phi) is 3.58. The second-order valence-corrected chi connectivity index (χ2v) is 5.35. The molecule has 1 aromatic heterocycles.